The van der Waals surface area contributed by atoms with Crippen LogP contribution in [-0.2, 0) is 9.53 Å². The van der Waals surface area contributed by atoms with Gasteiger partial charge in [-0.1, -0.05) is 56.3 Å². The van der Waals surface area contributed by atoms with Crippen molar-refractivity contribution in [1.82, 2.24) is 9.80 Å². The Kier molecular flexibility index (Phi) is 4.24. The SMILES string of the molecule is CC(C)[C@@H]1CO[C@@]23CCN(C(=O)c4cccc(-c5ccccc5)c4)[C@@H]2CC(=O)N13. The summed E-state index contributed by atoms with van der Waals surface area (Å²) in [4.78, 5) is 30.1. The highest BCUT2D eigenvalue weighted by atomic mass is 16.5. The number of amides is 2. The number of nitrogens with zero attached hydrogens (tertiary/aromatic N) is 2. The number of ether oxygens (including phenoxy) is 1. The molecule has 5 nitrogen and oxygen atoms in total. The summed E-state index contributed by atoms with van der Waals surface area (Å²) in [5.41, 5.74) is 2.14. The molecule has 0 N–H and O–H groups in total. The van der Waals surface area contributed by atoms with Crippen LogP contribution in [0.4, 0.5) is 0 Å². The number of likely N-dealkylation sites (tertiary alicyclic amines) is 1. The zero-order valence-corrected chi connectivity index (χ0v) is 16.9. The van der Waals surface area contributed by atoms with E-state index in [0.29, 0.717) is 37.5 Å². The maximum Gasteiger partial charge on any atom is 0.254 e. The number of carbonyl (C=O) groups is 2. The van der Waals surface area contributed by atoms with Crippen LogP contribution in [0.1, 0.15) is 37.0 Å². The third-order valence-corrected chi connectivity index (χ3v) is 6.73. The van der Waals surface area contributed by atoms with E-state index in [1.807, 2.05) is 64.4 Å². The lowest BCUT2D eigenvalue weighted by atomic mass is 10.0. The van der Waals surface area contributed by atoms with Crippen LogP contribution in [0, 0.1) is 5.92 Å². The van der Waals surface area contributed by atoms with Crippen molar-refractivity contribution >= 4 is 11.8 Å². The Morgan fingerprint density at radius 3 is 2.62 bits per heavy atom. The Morgan fingerprint density at radius 2 is 1.86 bits per heavy atom. The molecule has 5 heteroatoms. The Morgan fingerprint density at radius 1 is 1.10 bits per heavy atom. The predicted molar refractivity (Wildman–Crippen MR) is 110 cm³/mol. The molecule has 150 valence electrons. The largest absolute Gasteiger partial charge is 0.351 e. The molecule has 0 radical (unpaired) electrons. The van der Waals surface area contributed by atoms with E-state index in [2.05, 4.69) is 13.8 Å². The first-order valence-corrected chi connectivity index (χ1v) is 10.4. The van der Waals surface area contributed by atoms with Gasteiger partial charge in [0.05, 0.1) is 25.1 Å². The van der Waals surface area contributed by atoms with Gasteiger partial charge in [-0.2, -0.15) is 0 Å². The van der Waals surface area contributed by atoms with Crippen LogP contribution in [0.3, 0.4) is 0 Å². The molecular formula is C24H26N2O3. The third-order valence-electron chi connectivity index (χ3n) is 6.73. The van der Waals surface area contributed by atoms with E-state index in [9.17, 15) is 9.59 Å². The van der Waals surface area contributed by atoms with Crippen LogP contribution in [0.2, 0.25) is 0 Å². The summed E-state index contributed by atoms with van der Waals surface area (Å²) >= 11 is 0. The summed E-state index contributed by atoms with van der Waals surface area (Å²) in [6.45, 7) is 5.43. The molecule has 3 aliphatic rings. The topological polar surface area (TPSA) is 49.9 Å². The van der Waals surface area contributed by atoms with Gasteiger partial charge in [0.2, 0.25) is 5.91 Å². The van der Waals surface area contributed by atoms with Gasteiger partial charge in [-0.15, -0.1) is 0 Å². The van der Waals surface area contributed by atoms with Crippen LogP contribution >= 0.6 is 0 Å². The standard InChI is InChI=1S/C24H26N2O3/c1-16(2)20-15-29-24-11-12-25(21(24)14-22(27)26(20)24)23(28)19-10-6-9-18(13-19)17-7-4-3-5-8-17/h3-10,13,16,20-21H,11-12,14-15H2,1-2H3/t20-,21+,24-/m0/s1. The molecule has 0 aliphatic carbocycles. The van der Waals surface area contributed by atoms with Gasteiger partial charge in [-0.05, 0) is 29.2 Å². The molecule has 2 amide bonds. The summed E-state index contributed by atoms with van der Waals surface area (Å²) < 4.78 is 6.25. The molecule has 3 aliphatic heterocycles. The fourth-order valence-corrected chi connectivity index (χ4v) is 5.24. The summed E-state index contributed by atoms with van der Waals surface area (Å²) in [5.74, 6) is 0.432. The monoisotopic (exact) mass is 390 g/mol. The minimum absolute atomic E-state index is 0.0177. The van der Waals surface area contributed by atoms with Crippen LogP contribution < -0.4 is 0 Å². The van der Waals surface area contributed by atoms with E-state index < -0.39 is 5.72 Å². The van der Waals surface area contributed by atoms with Gasteiger partial charge in [-0.3, -0.25) is 9.59 Å². The summed E-state index contributed by atoms with van der Waals surface area (Å²) in [6, 6.07) is 17.7. The average Bonchev–Trinajstić information content (AvgIpc) is 3.37. The van der Waals surface area contributed by atoms with Crippen molar-refractivity contribution < 1.29 is 14.3 Å². The first kappa shape index (κ1) is 18.4. The first-order chi connectivity index (χ1) is 14.0. The molecule has 5 rings (SSSR count). The van der Waals surface area contributed by atoms with Gasteiger partial charge in [0.25, 0.3) is 5.91 Å². The molecular weight excluding hydrogens is 364 g/mol. The molecule has 0 aromatic heterocycles. The Balaban J connectivity index is 1.44. The number of hydrogen-bond acceptors (Lipinski definition) is 3. The number of hydrogen-bond donors (Lipinski definition) is 0. The van der Waals surface area contributed by atoms with Gasteiger partial charge in [0.1, 0.15) is 0 Å². The molecule has 2 aromatic carbocycles. The van der Waals surface area contributed by atoms with Gasteiger partial charge in [0.15, 0.2) is 5.72 Å². The van der Waals surface area contributed by atoms with Gasteiger partial charge in [-0.25, -0.2) is 0 Å². The maximum atomic E-state index is 13.4. The van der Waals surface area contributed by atoms with E-state index in [1.165, 1.54) is 0 Å². The minimum atomic E-state index is -0.626. The Hall–Kier alpha value is -2.66. The van der Waals surface area contributed by atoms with Crippen molar-refractivity contribution in [1.29, 1.82) is 0 Å². The van der Waals surface area contributed by atoms with Crippen molar-refractivity contribution in [3.05, 3.63) is 60.2 Å². The minimum Gasteiger partial charge on any atom is -0.351 e. The van der Waals surface area contributed by atoms with E-state index in [4.69, 9.17) is 4.74 Å². The van der Waals surface area contributed by atoms with E-state index >= 15 is 0 Å². The molecule has 3 saturated heterocycles. The predicted octanol–water partition coefficient (Wildman–Crippen LogP) is 3.55. The van der Waals surface area contributed by atoms with Crippen molar-refractivity contribution in [3.63, 3.8) is 0 Å². The van der Waals surface area contributed by atoms with Crippen LogP contribution in [-0.4, -0.2) is 52.6 Å². The van der Waals surface area contributed by atoms with Gasteiger partial charge in [0, 0.05) is 18.5 Å². The zero-order chi connectivity index (χ0) is 20.2. The quantitative estimate of drug-likeness (QED) is 0.805. The molecule has 29 heavy (non-hydrogen) atoms. The number of benzene rings is 2. The summed E-state index contributed by atoms with van der Waals surface area (Å²) in [7, 11) is 0. The van der Waals surface area contributed by atoms with Crippen molar-refractivity contribution in [2.24, 2.45) is 5.92 Å². The molecule has 0 unspecified atom stereocenters. The fourth-order valence-electron chi connectivity index (χ4n) is 5.24. The van der Waals surface area contributed by atoms with Gasteiger partial charge < -0.3 is 14.5 Å². The molecule has 1 spiro atoms. The van der Waals surface area contributed by atoms with Crippen molar-refractivity contribution in [2.45, 2.75) is 44.5 Å². The number of rotatable bonds is 3. The second-order valence-electron chi connectivity index (χ2n) is 8.65. The lowest BCUT2D eigenvalue weighted by molar-refractivity contribution is -0.139. The normalized spacial score (nSPS) is 28.2. The van der Waals surface area contributed by atoms with E-state index in [-0.39, 0.29) is 23.9 Å². The third kappa shape index (κ3) is 2.71. The Labute approximate surface area is 171 Å². The highest BCUT2D eigenvalue weighted by Crippen LogP contribution is 2.49. The first-order valence-electron chi connectivity index (χ1n) is 10.4. The highest BCUT2D eigenvalue weighted by Gasteiger charge is 2.65. The zero-order valence-electron chi connectivity index (χ0n) is 16.9. The second-order valence-corrected chi connectivity index (χ2v) is 8.65. The molecule has 3 atom stereocenters. The molecule has 0 bridgehead atoms. The van der Waals surface area contributed by atoms with Crippen molar-refractivity contribution in [2.75, 3.05) is 13.2 Å². The molecule has 3 fully saturated rings. The molecule has 2 aromatic rings. The molecule has 3 heterocycles. The van der Waals surface area contributed by atoms with E-state index in [0.717, 1.165) is 11.1 Å². The van der Waals surface area contributed by atoms with Crippen LogP contribution in [0.5, 0.6) is 0 Å². The molecule has 0 saturated carbocycles. The van der Waals surface area contributed by atoms with Crippen LogP contribution in [0.25, 0.3) is 11.1 Å². The Bertz CT molecular complexity index is 958. The van der Waals surface area contributed by atoms with Crippen LogP contribution in [0.15, 0.2) is 54.6 Å². The fraction of sp³-hybridized carbons (Fsp3) is 0.417. The number of carbonyl (C=O) groups excluding carboxylic acids is 2. The lowest BCUT2D eigenvalue weighted by Crippen LogP contribution is -2.51. The lowest BCUT2D eigenvalue weighted by Gasteiger charge is -2.34. The van der Waals surface area contributed by atoms with Crippen molar-refractivity contribution in [3.8, 4) is 11.1 Å². The highest BCUT2D eigenvalue weighted by molar-refractivity contribution is 5.97. The maximum absolute atomic E-state index is 13.4. The average molecular weight is 390 g/mol. The smallest absolute Gasteiger partial charge is 0.254 e. The second kappa shape index (κ2) is 6.70. The van der Waals surface area contributed by atoms with Gasteiger partial charge >= 0.3 is 0 Å². The summed E-state index contributed by atoms with van der Waals surface area (Å²) in [5, 5.41) is 0. The summed E-state index contributed by atoms with van der Waals surface area (Å²) in [6.07, 6.45) is 1.05. The van der Waals surface area contributed by atoms with E-state index in [1.54, 1.807) is 0 Å².